The van der Waals surface area contributed by atoms with Crippen molar-refractivity contribution in [3.05, 3.63) is 29.6 Å². The van der Waals surface area contributed by atoms with Crippen molar-refractivity contribution in [2.45, 2.75) is 0 Å². The van der Waals surface area contributed by atoms with Crippen molar-refractivity contribution >= 4 is 11.8 Å². The molecular formula is C18H27N5O3. The molecular weight excluding hydrogens is 334 g/mol. The van der Waals surface area contributed by atoms with Crippen LogP contribution < -0.4 is 5.32 Å². The summed E-state index contributed by atoms with van der Waals surface area (Å²) in [6.45, 7) is 7.76. The summed E-state index contributed by atoms with van der Waals surface area (Å²) in [5.41, 5.74) is 0.801. The predicted molar refractivity (Wildman–Crippen MR) is 97.2 cm³/mol. The lowest BCUT2D eigenvalue weighted by molar-refractivity contribution is 0.0383. The van der Waals surface area contributed by atoms with Gasteiger partial charge < -0.3 is 19.9 Å². The number of piperazine rings is 1. The molecule has 8 nitrogen and oxygen atoms in total. The molecule has 1 N–H and O–H groups in total. The number of pyridine rings is 1. The monoisotopic (exact) mass is 361 g/mol. The summed E-state index contributed by atoms with van der Waals surface area (Å²) in [6.07, 6.45) is 1.53. The molecule has 26 heavy (non-hydrogen) atoms. The predicted octanol–water partition coefficient (Wildman–Crippen LogP) is -0.469. The third-order valence-corrected chi connectivity index (χ3v) is 4.85. The summed E-state index contributed by atoms with van der Waals surface area (Å²) >= 11 is 0. The maximum atomic E-state index is 12.6. The van der Waals surface area contributed by atoms with Crippen molar-refractivity contribution in [1.82, 2.24) is 25.0 Å². The number of morpholine rings is 1. The Morgan fingerprint density at radius 2 is 1.88 bits per heavy atom. The first-order chi connectivity index (χ1) is 12.6. The van der Waals surface area contributed by atoms with Crippen LogP contribution in [-0.2, 0) is 4.74 Å². The van der Waals surface area contributed by atoms with Crippen LogP contribution >= 0.6 is 0 Å². The summed E-state index contributed by atoms with van der Waals surface area (Å²) in [5, 5.41) is 2.88. The molecule has 2 aliphatic heterocycles. The van der Waals surface area contributed by atoms with Crippen molar-refractivity contribution in [3.63, 3.8) is 0 Å². The summed E-state index contributed by atoms with van der Waals surface area (Å²) in [4.78, 5) is 35.4. The van der Waals surface area contributed by atoms with Gasteiger partial charge in [-0.1, -0.05) is 0 Å². The maximum absolute atomic E-state index is 12.6. The van der Waals surface area contributed by atoms with Crippen molar-refractivity contribution in [2.75, 3.05) is 72.6 Å². The Hall–Kier alpha value is -2.03. The molecule has 3 heterocycles. The van der Waals surface area contributed by atoms with Gasteiger partial charge in [0.25, 0.3) is 11.8 Å². The Kier molecular flexibility index (Phi) is 6.54. The minimum Gasteiger partial charge on any atom is -0.379 e. The van der Waals surface area contributed by atoms with Crippen LogP contribution in [0.3, 0.4) is 0 Å². The van der Waals surface area contributed by atoms with E-state index in [-0.39, 0.29) is 17.5 Å². The van der Waals surface area contributed by atoms with Crippen LogP contribution in [0.15, 0.2) is 18.3 Å². The first kappa shape index (κ1) is 18.8. The second-order valence-electron chi connectivity index (χ2n) is 6.74. The van der Waals surface area contributed by atoms with E-state index in [4.69, 9.17) is 4.74 Å². The van der Waals surface area contributed by atoms with Crippen LogP contribution in [0.1, 0.15) is 20.8 Å². The zero-order valence-electron chi connectivity index (χ0n) is 15.3. The molecule has 142 valence electrons. The molecule has 2 aliphatic rings. The molecule has 0 atom stereocenters. The highest BCUT2D eigenvalue weighted by Gasteiger charge is 2.21. The normalized spacial score (nSPS) is 19.3. The van der Waals surface area contributed by atoms with Gasteiger partial charge in [0.2, 0.25) is 0 Å². The number of aromatic nitrogens is 1. The third-order valence-electron chi connectivity index (χ3n) is 4.85. The van der Waals surface area contributed by atoms with E-state index in [1.165, 1.54) is 6.20 Å². The zero-order chi connectivity index (χ0) is 18.4. The van der Waals surface area contributed by atoms with Crippen molar-refractivity contribution in [1.29, 1.82) is 0 Å². The molecule has 0 spiro atoms. The van der Waals surface area contributed by atoms with E-state index in [1.54, 1.807) is 12.1 Å². The average Bonchev–Trinajstić information content (AvgIpc) is 2.69. The van der Waals surface area contributed by atoms with Gasteiger partial charge in [0.1, 0.15) is 5.69 Å². The highest BCUT2D eigenvalue weighted by molar-refractivity contribution is 5.98. The lowest BCUT2D eigenvalue weighted by atomic mass is 10.1. The van der Waals surface area contributed by atoms with Gasteiger partial charge in [-0.05, 0) is 19.2 Å². The quantitative estimate of drug-likeness (QED) is 0.764. The Labute approximate surface area is 154 Å². The van der Waals surface area contributed by atoms with Crippen molar-refractivity contribution < 1.29 is 14.3 Å². The second kappa shape index (κ2) is 9.07. The fraction of sp³-hybridized carbons (Fsp3) is 0.611. The molecule has 1 aromatic heterocycles. The van der Waals surface area contributed by atoms with Gasteiger partial charge in [-0.25, -0.2) is 0 Å². The molecule has 0 aliphatic carbocycles. The first-order valence-electron chi connectivity index (χ1n) is 9.15. The summed E-state index contributed by atoms with van der Waals surface area (Å²) in [6, 6.07) is 3.26. The molecule has 3 rings (SSSR count). The summed E-state index contributed by atoms with van der Waals surface area (Å²) in [5.74, 6) is -0.283. The van der Waals surface area contributed by atoms with Crippen LogP contribution in [0.4, 0.5) is 0 Å². The van der Waals surface area contributed by atoms with Crippen LogP contribution in [-0.4, -0.2) is 104 Å². The Morgan fingerprint density at radius 3 is 2.62 bits per heavy atom. The molecule has 2 amide bonds. The van der Waals surface area contributed by atoms with E-state index in [9.17, 15) is 9.59 Å². The Morgan fingerprint density at radius 1 is 1.15 bits per heavy atom. The highest BCUT2D eigenvalue weighted by atomic mass is 16.5. The van der Waals surface area contributed by atoms with Crippen LogP contribution in [0, 0.1) is 0 Å². The van der Waals surface area contributed by atoms with Gasteiger partial charge in [-0.2, -0.15) is 0 Å². The number of carbonyl (C=O) groups excluding carboxylic acids is 2. The molecule has 2 saturated heterocycles. The van der Waals surface area contributed by atoms with Gasteiger partial charge in [-0.15, -0.1) is 0 Å². The van der Waals surface area contributed by atoms with Gasteiger partial charge >= 0.3 is 0 Å². The highest BCUT2D eigenvalue weighted by Crippen LogP contribution is 2.09. The fourth-order valence-electron chi connectivity index (χ4n) is 3.12. The van der Waals surface area contributed by atoms with E-state index in [0.717, 1.165) is 45.9 Å². The number of likely N-dealkylation sites (N-methyl/N-ethyl adjacent to an activating group) is 1. The smallest absolute Gasteiger partial charge is 0.269 e. The molecule has 0 radical (unpaired) electrons. The number of rotatable bonds is 5. The number of hydrogen-bond acceptors (Lipinski definition) is 6. The maximum Gasteiger partial charge on any atom is 0.269 e. The van der Waals surface area contributed by atoms with E-state index < -0.39 is 0 Å². The molecule has 1 aromatic rings. The van der Waals surface area contributed by atoms with E-state index in [0.29, 0.717) is 25.2 Å². The second-order valence-corrected chi connectivity index (χ2v) is 6.74. The van der Waals surface area contributed by atoms with Crippen LogP contribution in [0.5, 0.6) is 0 Å². The van der Waals surface area contributed by atoms with E-state index in [1.807, 2.05) is 11.9 Å². The molecule has 2 fully saturated rings. The standard InChI is InChI=1S/C18H27N5O3/c1-21-6-8-23(9-7-21)18(25)15-2-3-19-16(14-15)17(24)20-4-5-22-10-12-26-13-11-22/h2-3,14H,4-13H2,1H3,(H,20,24). The number of nitrogens with one attached hydrogen (secondary N) is 1. The minimum absolute atomic E-state index is 0.0390. The van der Waals surface area contributed by atoms with Gasteiger partial charge in [-0.3, -0.25) is 19.5 Å². The van der Waals surface area contributed by atoms with Crippen LogP contribution in [0.25, 0.3) is 0 Å². The van der Waals surface area contributed by atoms with Gasteiger partial charge in [0.05, 0.1) is 13.2 Å². The van der Waals surface area contributed by atoms with Gasteiger partial charge in [0, 0.05) is 64.1 Å². The molecule has 0 unspecified atom stereocenters. The Bertz CT molecular complexity index is 625. The van der Waals surface area contributed by atoms with E-state index in [2.05, 4.69) is 20.1 Å². The lowest BCUT2D eigenvalue weighted by Gasteiger charge is -2.32. The molecule has 8 heteroatoms. The Balaban J connectivity index is 1.52. The lowest BCUT2D eigenvalue weighted by Crippen LogP contribution is -2.47. The summed E-state index contributed by atoms with van der Waals surface area (Å²) < 4.78 is 5.31. The third kappa shape index (κ3) is 5.00. The number of carbonyl (C=O) groups is 2. The van der Waals surface area contributed by atoms with E-state index >= 15 is 0 Å². The number of ether oxygens (including phenoxy) is 1. The first-order valence-corrected chi connectivity index (χ1v) is 9.15. The number of amides is 2. The molecule has 0 aromatic carbocycles. The number of hydrogen-bond donors (Lipinski definition) is 1. The largest absolute Gasteiger partial charge is 0.379 e. The number of nitrogens with zero attached hydrogens (tertiary/aromatic N) is 4. The molecule has 0 bridgehead atoms. The fourth-order valence-corrected chi connectivity index (χ4v) is 3.12. The van der Waals surface area contributed by atoms with Gasteiger partial charge in [0.15, 0.2) is 0 Å². The average molecular weight is 361 g/mol. The van der Waals surface area contributed by atoms with Crippen LogP contribution in [0.2, 0.25) is 0 Å². The summed E-state index contributed by atoms with van der Waals surface area (Å²) in [7, 11) is 2.05. The SMILES string of the molecule is CN1CCN(C(=O)c2ccnc(C(=O)NCCN3CCOCC3)c2)CC1. The van der Waals surface area contributed by atoms with Crippen molar-refractivity contribution in [2.24, 2.45) is 0 Å². The van der Waals surface area contributed by atoms with Crippen molar-refractivity contribution in [3.8, 4) is 0 Å². The minimum atomic E-state index is -0.244. The topological polar surface area (TPSA) is 78.0 Å². The zero-order valence-corrected chi connectivity index (χ0v) is 15.3. The molecule has 0 saturated carbocycles.